The molecule has 2 saturated heterocycles. The van der Waals surface area contributed by atoms with Crippen LogP contribution in [0.15, 0.2) is 12.1 Å². The standard InChI is InChI=1S/C18H26N2O3/c1-13-10-16(20(21)22)11-14(2)18(13)23-12-15-6-5-9-19-8-4-3-7-17(15)19/h10-11,15,17H,3-9,12H2,1-2H3/t15-,17-/m1/s1. The van der Waals surface area contributed by atoms with E-state index in [9.17, 15) is 10.1 Å². The van der Waals surface area contributed by atoms with Crippen LogP contribution >= 0.6 is 0 Å². The third-order valence-electron chi connectivity index (χ3n) is 5.33. The van der Waals surface area contributed by atoms with E-state index in [0.29, 0.717) is 12.0 Å². The van der Waals surface area contributed by atoms with Gasteiger partial charge in [0, 0.05) is 24.1 Å². The summed E-state index contributed by atoms with van der Waals surface area (Å²) in [7, 11) is 0. The molecule has 2 fully saturated rings. The average molecular weight is 318 g/mol. The number of piperidine rings is 2. The maximum atomic E-state index is 10.9. The van der Waals surface area contributed by atoms with Gasteiger partial charge in [-0.1, -0.05) is 6.42 Å². The molecule has 0 radical (unpaired) electrons. The zero-order chi connectivity index (χ0) is 16.4. The number of fused-ring (bicyclic) bond motifs is 1. The van der Waals surface area contributed by atoms with Crippen molar-refractivity contribution in [3.05, 3.63) is 33.4 Å². The molecular formula is C18H26N2O3. The number of ether oxygens (including phenoxy) is 1. The predicted octanol–water partition coefficient (Wildman–Crippen LogP) is 3.85. The number of hydrogen-bond donors (Lipinski definition) is 0. The van der Waals surface area contributed by atoms with Gasteiger partial charge in [0.15, 0.2) is 0 Å². The zero-order valence-electron chi connectivity index (χ0n) is 14.1. The van der Waals surface area contributed by atoms with Gasteiger partial charge in [0.2, 0.25) is 0 Å². The summed E-state index contributed by atoms with van der Waals surface area (Å²) >= 11 is 0. The molecule has 2 heterocycles. The molecule has 3 rings (SSSR count). The molecule has 0 N–H and O–H groups in total. The Morgan fingerprint density at radius 3 is 2.57 bits per heavy atom. The van der Waals surface area contributed by atoms with Gasteiger partial charge >= 0.3 is 0 Å². The summed E-state index contributed by atoms with van der Waals surface area (Å²) in [6.07, 6.45) is 6.42. The van der Waals surface area contributed by atoms with Gasteiger partial charge in [-0.3, -0.25) is 15.0 Å². The van der Waals surface area contributed by atoms with E-state index in [1.165, 1.54) is 45.2 Å². The molecule has 0 spiro atoms. The van der Waals surface area contributed by atoms with Crippen LogP contribution in [0.3, 0.4) is 0 Å². The van der Waals surface area contributed by atoms with Gasteiger partial charge < -0.3 is 4.74 Å². The highest BCUT2D eigenvalue weighted by Gasteiger charge is 2.33. The van der Waals surface area contributed by atoms with Crippen LogP contribution in [0.5, 0.6) is 5.75 Å². The van der Waals surface area contributed by atoms with Crippen LogP contribution in [0.25, 0.3) is 0 Å². The Labute approximate surface area is 137 Å². The van der Waals surface area contributed by atoms with E-state index in [0.717, 1.165) is 23.5 Å². The van der Waals surface area contributed by atoms with Crippen LogP contribution in [-0.4, -0.2) is 35.6 Å². The molecule has 0 saturated carbocycles. The molecule has 5 heteroatoms. The highest BCUT2D eigenvalue weighted by molar-refractivity contribution is 5.48. The summed E-state index contributed by atoms with van der Waals surface area (Å²) in [5.74, 6) is 1.40. The molecule has 23 heavy (non-hydrogen) atoms. The van der Waals surface area contributed by atoms with E-state index in [2.05, 4.69) is 4.90 Å². The Morgan fingerprint density at radius 2 is 1.87 bits per heavy atom. The van der Waals surface area contributed by atoms with Crippen molar-refractivity contribution in [3.8, 4) is 5.75 Å². The van der Waals surface area contributed by atoms with E-state index in [1.807, 2.05) is 13.8 Å². The Bertz CT molecular complexity index is 563. The molecule has 126 valence electrons. The second kappa shape index (κ2) is 6.87. The van der Waals surface area contributed by atoms with Gasteiger partial charge in [0.25, 0.3) is 5.69 Å². The minimum absolute atomic E-state index is 0.142. The molecule has 0 unspecified atom stereocenters. The van der Waals surface area contributed by atoms with Crippen molar-refractivity contribution in [1.82, 2.24) is 4.90 Å². The number of non-ortho nitro benzene ring substituents is 1. The first-order valence-corrected chi connectivity index (χ1v) is 8.68. The number of benzene rings is 1. The van der Waals surface area contributed by atoms with Gasteiger partial charge in [-0.2, -0.15) is 0 Å². The fraction of sp³-hybridized carbons (Fsp3) is 0.667. The lowest BCUT2D eigenvalue weighted by Crippen LogP contribution is -2.49. The summed E-state index contributed by atoms with van der Waals surface area (Å²) in [5, 5.41) is 10.9. The lowest BCUT2D eigenvalue weighted by molar-refractivity contribution is -0.385. The second-order valence-electron chi connectivity index (χ2n) is 6.98. The minimum atomic E-state index is -0.342. The Morgan fingerprint density at radius 1 is 1.17 bits per heavy atom. The SMILES string of the molecule is Cc1cc([N+](=O)[O-])cc(C)c1OC[C@H]1CCCN2CCCC[C@H]12. The molecular weight excluding hydrogens is 292 g/mol. The highest BCUT2D eigenvalue weighted by Crippen LogP contribution is 2.33. The monoisotopic (exact) mass is 318 g/mol. The lowest BCUT2D eigenvalue weighted by Gasteiger charge is -2.44. The third kappa shape index (κ3) is 3.50. The molecule has 2 aliphatic heterocycles. The lowest BCUT2D eigenvalue weighted by atomic mass is 9.84. The van der Waals surface area contributed by atoms with Crippen LogP contribution in [-0.2, 0) is 0 Å². The van der Waals surface area contributed by atoms with Crippen molar-refractivity contribution >= 4 is 5.69 Å². The topological polar surface area (TPSA) is 55.6 Å². The Kier molecular flexibility index (Phi) is 4.85. The van der Waals surface area contributed by atoms with Crippen molar-refractivity contribution in [3.63, 3.8) is 0 Å². The van der Waals surface area contributed by atoms with Crippen LogP contribution in [0.4, 0.5) is 5.69 Å². The van der Waals surface area contributed by atoms with Crippen molar-refractivity contribution in [1.29, 1.82) is 0 Å². The number of nitrogens with zero attached hydrogens (tertiary/aromatic N) is 2. The first-order chi connectivity index (χ1) is 11.1. The van der Waals surface area contributed by atoms with E-state index in [4.69, 9.17) is 4.74 Å². The van der Waals surface area contributed by atoms with Crippen molar-refractivity contribution in [2.75, 3.05) is 19.7 Å². The molecule has 0 aliphatic carbocycles. The van der Waals surface area contributed by atoms with Crippen LogP contribution in [0.1, 0.15) is 43.2 Å². The molecule has 2 atom stereocenters. The molecule has 1 aromatic rings. The smallest absolute Gasteiger partial charge is 0.270 e. The van der Waals surface area contributed by atoms with E-state index in [-0.39, 0.29) is 10.6 Å². The summed E-state index contributed by atoms with van der Waals surface area (Å²) in [4.78, 5) is 13.2. The second-order valence-corrected chi connectivity index (χ2v) is 6.98. The fourth-order valence-electron chi connectivity index (χ4n) is 4.22. The minimum Gasteiger partial charge on any atom is -0.493 e. The first kappa shape index (κ1) is 16.2. The van der Waals surface area contributed by atoms with Gasteiger partial charge in [-0.25, -0.2) is 0 Å². The maximum Gasteiger partial charge on any atom is 0.270 e. The van der Waals surface area contributed by atoms with Crippen LogP contribution in [0, 0.1) is 29.9 Å². The zero-order valence-corrected chi connectivity index (χ0v) is 14.1. The van der Waals surface area contributed by atoms with Gasteiger partial charge in [-0.05, 0) is 63.7 Å². The number of aryl methyl sites for hydroxylation is 2. The van der Waals surface area contributed by atoms with Crippen LogP contribution < -0.4 is 4.74 Å². The highest BCUT2D eigenvalue weighted by atomic mass is 16.6. The molecule has 0 amide bonds. The van der Waals surface area contributed by atoms with Crippen molar-refractivity contribution < 1.29 is 9.66 Å². The maximum absolute atomic E-state index is 10.9. The van der Waals surface area contributed by atoms with Crippen LogP contribution in [0.2, 0.25) is 0 Å². The van der Waals surface area contributed by atoms with E-state index >= 15 is 0 Å². The normalized spacial score (nSPS) is 25.0. The van der Waals surface area contributed by atoms with Gasteiger partial charge in [0.1, 0.15) is 5.75 Å². The number of rotatable bonds is 4. The van der Waals surface area contributed by atoms with Crippen molar-refractivity contribution in [2.45, 2.75) is 52.0 Å². The molecule has 0 aromatic heterocycles. The summed E-state index contributed by atoms with van der Waals surface area (Å²) < 4.78 is 6.14. The molecule has 0 bridgehead atoms. The fourth-order valence-corrected chi connectivity index (χ4v) is 4.22. The average Bonchev–Trinajstić information content (AvgIpc) is 2.54. The molecule has 1 aromatic carbocycles. The largest absolute Gasteiger partial charge is 0.493 e. The summed E-state index contributed by atoms with van der Waals surface area (Å²) in [5.41, 5.74) is 1.85. The van der Waals surface area contributed by atoms with Gasteiger partial charge in [0.05, 0.1) is 11.5 Å². The molecule has 5 nitrogen and oxygen atoms in total. The van der Waals surface area contributed by atoms with Gasteiger partial charge in [-0.15, -0.1) is 0 Å². The quantitative estimate of drug-likeness (QED) is 0.625. The summed E-state index contributed by atoms with van der Waals surface area (Å²) in [6.45, 7) is 6.97. The van der Waals surface area contributed by atoms with E-state index < -0.39 is 0 Å². The number of nitro benzene ring substituents is 1. The Hall–Kier alpha value is -1.62. The van der Waals surface area contributed by atoms with Crippen molar-refractivity contribution in [2.24, 2.45) is 5.92 Å². The third-order valence-corrected chi connectivity index (χ3v) is 5.33. The summed E-state index contributed by atoms with van der Waals surface area (Å²) in [6, 6.07) is 3.88. The number of nitro groups is 1. The number of hydrogen-bond acceptors (Lipinski definition) is 4. The Balaban J connectivity index is 1.69. The first-order valence-electron chi connectivity index (χ1n) is 8.68. The predicted molar refractivity (Wildman–Crippen MR) is 90.0 cm³/mol. The van der Waals surface area contributed by atoms with E-state index in [1.54, 1.807) is 12.1 Å². The molecule has 2 aliphatic rings.